The molecule has 10 nitrogen and oxygen atoms in total. The van der Waals surface area contributed by atoms with Gasteiger partial charge in [-0.15, -0.1) is 0 Å². The van der Waals surface area contributed by atoms with Gasteiger partial charge in [-0.3, -0.25) is 4.52 Å². The Morgan fingerprint density at radius 3 is 1.94 bits per heavy atom. The van der Waals surface area contributed by atoms with Gasteiger partial charge in [-0.25, -0.2) is 9.36 Å². The van der Waals surface area contributed by atoms with Gasteiger partial charge in [-0.05, 0) is 0 Å². The summed E-state index contributed by atoms with van der Waals surface area (Å²) in [6.07, 6.45) is -8.71. The quantitative estimate of drug-likeness (QED) is 0.231. The van der Waals surface area contributed by atoms with Crippen LogP contribution in [0.2, 0.25) is 0 Å². The molecule has 0 rings (SSSR count). The van der Waals surface area contributed by atoms with E-state index < -0.39 is 44.8 Å². The zero-order valence-electron chi connectivity index (χ0n) is 8.32. The first-order valence-electron chi connectivity index (χ1n) is 4.21. The van der Waals surface area contributed by atoms with Crippen molar-refractivity contribution in [2.75, 3.05) is 6.61 Å². The van der Waals surface area contributed by atoms with Gasteiger partial charge >= 0.3 is 13.8 Å². The average molecular weight is 276 g/mol. The molecule has 0 fully saturated rings. The van der Waals surface area contributed by atoms with Gasteiger partial charge in [0.25, 0.3) is 0 Å². The van der Waals surface area contributed by atoms with Gasteiger partial charge in [-0.2, -0.15) is 0 Å². The van der Waals surface area contributed by atoms with Crippen LogP contribution in [0.5, 0.6) is 0 Å². The second kappa shape index (κ2) is 6.38. The molecule has 0 radical (unpaired) electrons. The smallest absolute Gasteiger partial charge is 0.469 e. The highest BCUT2D eigenvalue weighted by molar-refractivity contribution is 7.46. The largest absolute Gasteiger partial charge is 0.479 e. The molecule has 102 valence electrons. The molecule has 0 amide bonds. The highest BCUT2D eigenvalue weighted by Crippen LogP contribution is 2.35. The molecule has 7 N–H and O–H groups in total. The van der Waals surface area contributed by atoms with E-state index in [-0.39, 0.29) is 0 Å². The zero-order chi connectivity index (χ0) is 13.8. The molecule has 0 aliphatic heterocycles. The van der Waals surface area contributed by atoms with Gasteiger partial charge in [0.15, 0.2) is 6.10 Å². The predicted octanol–water partition coefficient (Wildman–Crippen LogP) is -3.38. The first kappa shape index (κ1) is 16.4. The van der Waals surface area contributed by atoms with Crippen LogP contribution in [0.3, 0.4) is 0 Å². The third-order valence-electron chi connectivity index (χ3n) is 1.73. The molecule has 0 bridgehead atoms. The molecule has 0 heterocycles. The number of rotatable bonds is 7. The molecule has 11 heteroatoms. The minimum absolute atomic E-state index is 1.05. The first-order chi connectivity index (χ1) is 7.56. The standard InChI is InChI=1S/C6H13O10P/c7-2(1-16-17(13,14)15)3(8)4(9)5(10)6(11)12/h2-5,7-10H,1H2,(H,11,12)(H2,13,14,15)/t2-,3-,4-,5-/m1/s1. The maximum Gasteiger partial charge on any atom is 0.469 e. The molecule has 0 aliphatic carbocycles. The number of hydrogen-bond acceptors (Lipinski definition) is 7. The summed E-state index contributed by atoms with van der Waals surface area (Å²) < 4.78 is 14.1. The lowest BCUT2D eigenvalue weighted by atomic mass is 10.0. The maximum absolute atomic E-state index is 10.2. The summed E-state index contributed by atoms with van der Waals surface area (Å²) in [7, 11) is -4.86. The molecule has 17 heavy (non-hydrogen) atoms. The number of phosphoric acid groups is 1. The Morgan fingerprint density at radius 1 is 1.12 bits per heavy atom. The van der Waals surface area contributed by atoms with Crippen LogP contribution in [0.15, 0.2) is 0 Å². The Balaban J connectivity index is 4.34. The molecular formula is C6H13O10P. The molecule has 0 aromatic carbocycles. The lowest BCUT2D eigenvalue weighted by Crippen LogP contribution is -2.48. The number of phosphoric ester groups is 1. The summed E-state index contributed by atoms with van der Waals surface area (Å²) in [4.78, 5) is 26.8. The van der Waals surface area contributed by atoms with E-state index in [2.05, 4.69) is 4.52 Å². The fraction of sp³-hybridized carbons (Fsp3) is 0.833. The Hall–Kier alpha value is -0.580. The predicted molar refractivity (Wildman–Crippen MR) is 49.7 cm³/mol. The summed E-state index contributed by atoms with van der Waals surface area (Å²) in [5.41, 5.74) is 0. The Bertz CT molecular complexity index is 299. The van der Waals surface area contributed by atoms with Crippen molar-refractivity contribution in [2.24, 2.45) is 0 Å². The highest BCUT2D eigenvalue weighted by atomic mass is 31.2. The first-order valence-corrected chi connectivity index (χ1v) is 5.74. The van der Waals surface area contributed by atoms with Crippen LogP contribution >= 0.6 is 7.82 Å². The molecule has 0 aromatic heterocycles. The summed E-state index contributed by atoms with van der Waals surface area (Å²) in [5.74, 6) is -1.83. The molecular weight excluding hydrogens is 263 g/mol. The van der Waals surface area contributed by atoms with Crippen LogP contribution < -0.4 is 0 Å². The van der Waals surface area contributed by atoms with Crippen LogP contribution in [-0.4, -0.2) is 72.3 Å². The number of hydrogen-bond donors (Lipinski definition) is 7. The van der Waals surface area contributed by atoms with Crippen LogP contribution in [0, 0.1) is 0 Å². The average Bonchev–Trinajstić information content (AvgIpc) is 2.21. The van der Waals surface area contributed by atoms with Crippen LogP contribution in [-0.2, 0) is 13.9 Å². The number of aliphatic carboxylic acids is 1. The van der Waals surface area contributed by atoms with Gasteiger partial charge in [0.05, 0.1) is 6.61 Å². The third-order valence-corrected chi connectivity index (χ3v) is 2.22. The summed E-state index contributed by atoms with van der Waals surface area (Å²) in [6, 6.07) is 0. The van der Waals surface area contributed by atoms with Crippen molar-refractivity contribution in [3.05, 3.63) is 0 Å². The fourth-order valence-electron chi connectivity index (χ4n) is 0.833. The molecule has 0 aliphatic rings. The lowest BCUT2D eigenvalue weighted by Gasteiger charge is -2.24. The van der Waals surface area contributed by atoms with Crippen LogP contribution in [0.25, 0.3) is 0 Å². The molecule has 0 spiro atoms. The van der Waals surface area contributed by atoms with E-state index in [1.165, 1.54) is 0 Å². The van der Waals surface area contributed by atoms with E-state index in [1.807, 2.05) is 0 Å². The molecule has 0 unspecified atom stereocenters. The Morgan fingerprint density at radius 2 is 1.59 bits per heavy atom. The van der Waals surface area contributed by atoms with Crippen molar-refractivity contribution < 1.29 is 49.2 Å². The van der Waals surface area contributed by atoms with E-state index in [0.29, 0.717) is 0 Å². The maximum atomic E-state index is 10.2. The monoisotopic (exact) mass is 276 g/mol. The topological polar surface area (TPSA) is 185 Å². The van der Waals surface area contributed by atoms with Crippen molar-refractivity contribution in [3.8, 4) is 0 Å². The van der Waals surface area contributed by atoms with Gasteiger partial charge in [0.1, 0.15) is 18.3 Å². The number of aliphatic hydroxyl groups excluding tert-OH is 4. The van der Waals surface area contributed by atoms with E-state index >= 15 is 0 Å². The van der Waals surface area contributed by atoms with Crippen molar-refractivity contribution in [1.29, 1.82) is 0 Å². The fourth-order valence-corrected chi connectivity index (χ4v) is 1.18. The third kappa shape index (κ3) is 6.05. The zero-order valence-corrected chi connectivity index (χ0v) is 9.21. The lowest BCUT2D eigenvalue weighted by molar-refractivity contribution is -0.164. The van der Waals surface area contributed by atoms with Gasteiger partial charge in [0.2, 0.25) is 0 Å². The second-order valence-corrected chi connectivity index (χ2v) is 4.36. The summed E-state index contributed by atoms with van der Waals surface area (Å²) in [5, 5.41) is 44.4. The van der Waals surface area contributed by atoms with Gasteiger partial charge < -0.3 is 35.3 Å². The SMILES string of the molecule is O=C(O)[C@H](O)[C@H](O)[C@H](O)[C@H](O)COP(=O)(O)O. The molecule has 0 saturated heterocycles. The van der Waals surface area contributed by atoms with Crippen LogP contribution in [0.1, 0.15) is 0 Å². The summed E-state index contributed by atoms with van der Waals surface area (Å²) >= 11 is 0. The van der Waals surface area contributed by atoms with Gasteiger partial charge in [0, 0.05) is 0 Å². The second-order valence-electron chi connectivity index (χ2n) is 3.12. The highest BCUT2D eigenvalue weighted by Gasteiger charge is 2.35. The number of aliphatic hydroxyl groups is 4. The van der Waals surface area contributed by atoms with E-state index in [9.17, 15) is 9.36 Å². The molecule has 0 saturated carbocycles. The number of carbonyl (C=O) groups is 1. The van der Waals surface area contributed by atoms with Crippen LogP contribution in [0.4, 0.5) is 0 Å². The van der Waals surface area contributed by atoms with Crippen molar-refractivity contribution >= 4 is 13.8 Å². The van der Waals surface area contributed by atoms with Gasteiger partial charge in [-0.1, -0.05) is 0 Å². The Kier molecular flexibility index (Phi) is 6.16. The normalized spacial score (nSPS) is 19.4. The van der Waals surface area contributed by atoms with E-state index in [1.54, 1.807) is 0 Å². The van der Waals surface area contributed by atoms with E-state index in [4.69, 9.17) is 35.3 Å². The number of carboxylic acid groups (broad SMARTS) is 1. The summed E-state index contributed by atoms with van der Waals surface area (Å²) in [6.45, 7) is -1.05. The molecule has 0 aromatic rings. The molecule has 4 atom stereocenters. The Labute approximate surface area is 94.9 Å². The van der Waals surface area contributed by atoms with Crippen molar-refractivity contribution in [1.82, 2.24) is 0 Å². The minimum Gasteiger partial charge on any atom is -0.479 e. The van der Waals surface area contributed by atoms with Crippen molar-refractivity contribution in [2.45, 2.75) is 24.4 Å². The minimum atomic E-state index is -4.86. The van der Waals surface area contributed by atoms with E-state index in [0.717, 1.165) is 0 Å². The number of carboxylic acids is 1. The van der Waals surface area contributed by atoms with Crippen molar-refractivity contribution in [3.63, 3.8) is 0 Å².